The standard InChI is InChI=1S/C6H9NO6.3Na.H2O/c8-4(9)1-7(2-5(10)11)3-6(12)13;;;;/h1-3H2,(H,8,9)(H,10,11)(H,12,13);;;;1H2. The van der Waals surface area contributed by atoms with Gasteiger partial charge in [-0.05, 0) is 0 Å². The third kappa shape index (κ3) is 22.9. The number of carboxylic acid groups (broad SMARTS) is 3. The van der Waals surface area contributed by atoms with Crippen LogP contribution in [0.4, 0.5) is 0 Å². The molecule has 17 heavy (non-hydrogen) atoms. The average Bonchev–Trinajstić information content (AvgIpc) is 1.80. The molecule has 0 spiro atoms. The Balaban J connectivity index is -0.000000120. The molecule has 0 atom stereocenters. The fourth-order valence-electron chi connectivity index (χ4n) is 0.742. The third-order valence-corrected chi connectivity index (χ3v) is 1.08. The van der Waals surface area contributed by atoms with Crippen LogP contribution in [0, 0.1) is 0 Å². The molecule has 0 aliphatic carbocycles. The van der Waals surface area contributed by atoms with Crippen LogP contribution in [0.5, 0.6) is 0 Å². The molecule has 8 nitrogen and oxygen atoms in total. The summed E-state index contributed by atoms with van der Waals surface area (Å²) in [6.45, 7) is -1.80. The zero-order valence-electron chi connectivity index (χ0n) is 10.1. The van der Waals surface area contributed by atoms with Gasteiger partial charge in [-0.3, -0.25) is 19.3 Å². The van der Waals surface area contributed by atoms with Crippen LogP contribution in [0.3, 0.4) is 0 Å². The Hall–Kier alpha value is 1.33. The van der Waals surface area contributed by atoms with E-state index in [0.29, 0.717) is 0 Å². The summed E-state index contributed by atoms with van der Waals surface area (Å²) < 4.78 is 0. The summed E-state index contributed by atoms with van der Waals surface area (Å²) in [5.74, 6) is -3.78. The largest absolute Gasteiger partial charge is 0.480 e. The van der Waals surface area contributed by atoms with E-state index >= 15 is 0 Å². The Morgan fingerprint density at radius 3 is 1.00 bits per heavy atom. The molecule has 0 aromatic rings. The van der Waals surface area contributed by atoms with E-state index in [0.717, 1.165) is 4.90 Å². The predicted molar refractivity (Wildman–Crippen MR) is 60.2 cm³/mol. The van der Waals surface area contributed by atoms with Gasteiger partial charge in [0.1, 0.15) is 0 Å². The molecule has 0 aromatic carbocycles. The minimum Gasteiger partial charge on any atom is -0.480 e. The van der Waals surface area contributed by atoms with E-state index in [1.54, 1.807) is 0 Å². The molecule has 0 fully saturated rings. The zero-order chi connectivity index (χ0) is 10.4. The minimum atomic E-state index is -1.26. The van der Waals surface area contributed by atoms with Gasteiger partial charge < -0.3 is 20.8 Å². The van der Waals surface area contributed by atoms with Gasteiger partial charge in [0.15, 0.2) is 0 Å². The van der Waals surface area contributed by atoms with Gasteiger partial charge in [-0.1, -0.05) is 0 Å². The van der Waals surface area contributed by atoms with Gasteiger partial charge >= 0.3 is 17.9 Å². The van der Waals surface area contributed by atoms with Crippen molar-refractivity contribution in [2.75, 3.05) is 19.6 Å². The first-order valence-electron chi connectivity index (χ1n) is 3.29. The SMILES string of the molecule is O.O=C(O)CN(CC(=O)O)CC(=O)O.[Na].[Na].[Na]. The van der Waals surface area contributed by atoms with E-state index in [4.69, 9.17) is 15.3 Å². The fourth-order valence-corrected chi connectivity index (χ4v) is 0.742. The van der Waals surface area contributed by atoms with Crippen molar-refractivity contribution in [2.24, 2.45) is 0 Å². The molecule has 5 N–H and O–H groups in total. The van der Waals surface area contributed by atoms with Crippen molar-refractivity contribution in [1.29, 1.82) is 0 Å². The number of aliphatic carboxylic acids is 3. The number of carboxylic acids is 3. The van der Waals surface area contributed by atoms with Crippen LogP contribution in [0.2, 0.25) is 0 Å². The van der Waals surface area contributed by atoms with Crippen LogP contribution in [0.15, 0.2) is 0 Å². The van der Waals surface area contributed by atoms with Gasteiger partial charge in [-0.2, -0.15) is 0 Å². The van der Waals surface area contributed by atoms with Gasteiger partial charge in [-0.15, -0.1) is 0 Å². The normalized spacial score (nSPS) is 7.59. The zero-order valence-corrected chi connectivity index (χ0v) is 16.1. The molecule has 0 bridgehead atoms. The first-order chi connectivity index (χ1) is 5.91. The number of nitrogens with zero attached hydrogens (tertiary/aromatic N) is 1. The summed E-state index contributed by atoms with van der Waals surface area (Å²) in [4.78, 5) is 31.2. The molecule has 3 radical (unpaired) electrons. The van der Waals surface area contributed by atoms with Crippen molar-refractivity contribution in [3.63, 3.8) is 0 Å². The van der Waals surface area contributed by atoms with E-state index in [1.807, 2.05) is 0 Å². The summed E-state index contributed by atoms with van der Waals surface area (Å²) >= 11 is 0. The van der Waals surface area contributed by atoms with E-state index in [2.05, 4.69) is 0 Å². The third-order valence-electron chi connectivity index (χ3n) is 1.08. The molecule has 0 aliphatic heterocycles. The van der Waals surface area contributed by atoms with Gasteiger partial charge in [0.25, 0.3) is 0 Å². The molecular formula is C6H11NNa3O7. The molecule has 85 valence electrons. The number of hydrogen-bond donors (Lipinski definition) is 3. The van der Waals surface area contributed by atoms with Crippen LogP contribution in [-0.4, -0.2) is 152 Å². The van der Waals surface area contributed by atoms with Crippen LogP contribution in [-0.2, 0) is 14.4 Å². The topological polar surface area (TPSA) is 147 Å². The molecule has 0 unspecified atom stereocenters. The molecule has 0 aromatic heterocycles. The maximum atomic E-state index is 10.1. The maximum absolute atomic E-state index is 10.1. The van der Waals surface area contributed by atoms with E-state index < -0.39 is 37.5 Å². The van der Waals surface area contributed by atoms with Crippen LogP contribution in [0.25, 0.3) is 0 Å². The monoisotopic (exact) mass is 278 g/mol. The van der Waals surface area contributed by atoms with Crippen molar-refractivity contribution < 1.29 is 35.2 Å². The predicted octanol–water partition coefficient (Wildman–Crippen LogP) is -3.42. The minimum absolute atomic E-state index is 0. The maximum Gasteiger partial charge on any atom is 0.317 e. The Kier molecular flexibility index (Phi) is 31.6. The van der Waals surface area contributed by atoms with Crippen LogP contribution >= 0.6 is 0 Å². The second kappa shape index (κ2) is 17.3. The van der Waals surface area contributed by atoms with E-state index in [1.165, 1.54) is 0 Å². The molecule has 11 heteroatoms. The molecule has 0 heterocycles. The summed E-state index contributed by atoms with van der Waals surface area (Å²) in [6.07, 6.45) is 0. The van der Waals surface area contributed by atoms with Crippen molar-refractivity contribution in [3.8, 4) is 0 Å². The first kappa shape index (κ1) is 31.0. The summed E-state index contributed by atoms with van der Waals surface area (Å²) in [5, 5.41) is 24.8. The van der Waals surface area contributed by atoms with Crippen molar-refractivity contribution in [2.45, 2.75) is 0 Å². The quantitative estimate of drug-likeness (QED) is 0.428. The summed E-state index contributed by atoms with van der Waals surface area (Å²) in [5.41, 5.74) is 0. The molecule has 0 amide bonds. The fraction of sp³-hybridized carbons (Fsp3) is 0.500. The smallest absolute Gasteiger partial charge is 0.317 e. The Morgan fingerprint density at radius 2 is 0.882 bits per heavy atom. The van der Waals surface area contributed by atoms with E-state index in [9.17, 15) is 14.4 Å². The Bertz CT molecular complexity index is 200. The van der Waals surface area contributed by atoms with Crippen LogP contribution < -0.4 is 0 Å². The molecule has 0 saturated heterocycles. The van der Waals surface area contributed by atoms with Crippen LogP contribution in [0.1, 0.15) is 0 Å². The summed E-state index contributed by atoms with van der Waals surface area (Å²) in [6, 6.07) is 0. The average molecular weight is 278 g/mol. The molecule has 0 aliphatic rings. The Morgan fingerprint density at radius 1 is 0.706 bits per heavy atom. The van der Waals surface area contributed by atoms with Gasteiger partial charge in [0, 0.05) is 88.7 Å². The van der Waals surface area contributed by atoms with Crippen molar-refractivity contribution >= 4 is 107 Å². The second-order valence-electron chi connectivity index (χ2n) is 2.33. The molecule has 0 rings (SSSR count). The van der Waals surface area contributed by atoms with Crippen molar-refractivity contribution in [1.82, 2.24) is 4.90 Å². The molecule has 0 saturated carbocycles. The van der Waals surface area contributed by atoms with E-state index in [-0.39, 0.29) is 94.1 Å². The second-order valence-corrected chi connectivity index (χ2v) is 2.33. The van der Waals surface area contributed by atoms with Gasteiger partial charge in [0.2, 0.25) is 0 Å². The van der Waals surface area contributed by atoms with Crippen molar-refractivity contribution in [3.05, 3.63) is 0 Å². The summed E-state index contributed by atoms with van der Waals surface area (Å²) in [7, 11) is 0. The molecular weight excluding hydrogens is 267 g/mol. The van der Waals surface area contributed by atoms with Gasteiger partial charge in [-0.25, -0.2) is 0 Å². The van der Waals surface area contributed by atoms with Gasteiger partial charge in [0.05, 0.1) is 19.6 Å². The number of rotatable bonds is 6. The number of carbonyl (C=O) groups is 3. The Labute approximate surface area is 164 Å². The first-order valence-corrected chi connectivity index (χ1v) is 3.29. The number of hydrogen-bond acceptors (Lipinski definition) is 4.